The molecule has 2 rings (SSSR count). The second-order valence-corrected chi connectivity index (χ2v) is 4.87. The van der Waals surface area contributed by atoms with E-state index in [1.807, 2.05) is 0 Å². The minimum absolute atomic E-state index is 0.295. The van der Waals surface area contributed by atoms with Crippen LogP contribution in [0.5, 0.6) is 0 Å². The average Bonchev–Trinajstić information content (AvgIpc) is 2.63. The SMILES string of the molecule is O=C(O)C1CCCCCN1C(=O)c1cc(Cl)c[nH]1. The van der Waals surface area contributed by atoms with E-state index in [1.165, 1.54) is 17.2 Å². The van der Waals surface area contributed by atoms with Gasteiger partial charge in [-0.3, -0.25) is 4.79 Å². The Morgan fingerprint density at radius 1 is 1.39 bits per heavy atom. The lowest BCUT2D eigenvalue weighted by molar-refractivity contribution is -0.142. The van der Waals surface area contributed by atoms with Gasteiger partial charge in [-0.2, -0.15) is 0 Å². The third-order valence-electron chi connectivity index (χ3n) is 3.18. The summed E-state index contributed by atoms with van der Waals surface area (Å²) in [5, 5.41) is 9.65. The molecule has 1 aromatic rings. The van der Waals surface area contributed by atoms with Crippen molar-refractivity contribution in [3.63, 3.8) is 0 Å². The van der Waals surface area contributed by atoms with Gasteiger partial charge in [0, 0.05) is 12.7 Å². The number of halogens is 1. The summed E-state index contributed by atoms with van der Waals surface area (Å²) in [6.45, 7) is 0.479. The molecule has 1 aliphatic rings. The van der Waals surface area contributed by atoms with Gasteiger partial charge >= 0.3 is 5.97 Å². The molecule has 6 heteroatoms. The van der Waals surface area contributed by atoms with Crippen molar-refractivity contribution in [2.24, 2.45) is 0 Å². The molecule has 1 aromatic heterocycles. The van der Waals surface area contributed by atoms with Crippen molar-refractivity contribution in [3.05, 3.63) is 23.0 Å². The summed E-state index contributed by atoms with van der Waals surface area (Å²) < 4.78 is 0. The van der Waals surface area contributed by atoms with E-state index in [9.17, 15) is 14.7 Å². The third kappa shape index (κ3) is 2.67. The first-order chi connectivity index (χ1) is 8.59. The summed E-state index contributed by atoms with van der Waals surface area (Å²) in [7, 11) is 0. The molecular formula is C12H15ClN2O3. The van der Waals surface area contributed by atoms with E-state index < -0.39 is 12.0 Å². The standard InChI is InChI=1S/C12H15ClN2O3/c13-8-6-9(14-7-8)11(16)15-5-3-1-2-4-10(15)12(17)18/h6-7,10,14H,1-5H2,(H,17,18). The highest BCUT2D eigenvalue weighted by atomic mass is 35.5. The Labute approximate surface area is 110 Å². The molecule has 5 nitrogen and oxygen atoms in total. The van der Waals surface area contributed by atoms with Crippen molar-refractivity contribution < 1.29 is 14.7 Å². The Kier molecular flexibility index (Phi) is 3.91. The Bertz CT molecular complexity index is 458. The van der Waals surface area contributed by atoms with E-state index in [2.05, 4.69) is 4.98 Å². The molecule has 1 saturated heterocycles. The number of carbonyl (C=O) groups is 2. The number of likely N-dealkylation sites (tertiary alicyclic amines) is 1. The molecule has 98 valence electrons. The quantitative estimate of drug-likeness (QED) is 0.865. The van der Waals surface area contributed by atoms with Crippen LogP contribution in [0.2, 0.25) is 5.02 Å². The molecule has 0 aliphatic carbocycles. The predicted molar refractivity (Wildman–Crippen MR) is 66.7 cm³/mol. The summed E-state index contributed by atoms with van der Waals surface area (Å²) in [5.74, 6) is -1.24. The van der Waals surface area contributed by atoms with Crippen molar-refractivity contribution in [2.45, 2.75) is 31.7 Å². The largest absolute Gasteiger partial charge is 0.480 e. The molecule has 2 heterocycles. The van der Waals surface area contributed by atoms with Crippen LogP contribution in [0.15, 0.2) is 12.3 Å². The second kappa shape index (κ2) is 5.44. The minimum atomic E-state index is -0.942. The molecule has 1 amide bonds. The molecule has 2 N–H and O–H groups in total. The summed E-state index contributed by atoms with van der Waals surface area (Å²) in [6, 6.07) is 0.787. The topological polar surface area (TPSA) is 73.4 Å². The van der Waals surface area contributed by atoms with Crippen molar-refractivity contribution in [1.29, 1.82) is 0 Å². The number of rotatable bonds is 2. The van der Waals surface area contributed by atoms with Gasteiger partial charge in [0.2, 0.25) is 0 Å². The third-order valence-corrected chi connectivity index (χ3v) is 3.40. The van der Waals surface area contributed by atoms with Crippen molar-refractivity contribution >= 4 is 23.5 Å². The molecule has 18 heavy (non-hydrogen) atoms. The molecule has 0 spiro atoms. The average molecular weight is 271 g/mol. The van der Waals surface area contributed by atoms with Crippen LogP contribution < -0.4 is 0 Å². The van der Waals surface area contributed by atoms with E-state index in [1.54, 1.807) is 0 Å². The lowest BCUT2D eigenvalue weighted by Gasteiger charge is -2.26. The van der Waals surface area contributed by atoms with Gasteiger partial charge in [0.1, 0.15) is 11.7 Å². The molecule has 1 aliphatic heterocycles. The monoisotopic (exact) mass is 270 g/mol. The highest BCUT2D eigenvalue weighted by Crippen LogP contribution is 2.20. The zero-order valence-corrected chi connectivity index (χ0v) is 10.6. The Balaban J connectivity index is 2.22. The molecule has 0 saturated carbocycles. The Hall–Kier alpha value is -1.49. The number of carbonyl (C=O) groups excluding carboxylic acids is 1. The summed E-state index contributed by atoms with van der Waals surface area (Å²) >= 11 is 5.76. The van der Waals surface area contributed by atoms with Gasteiger partial charge in [0.25, 0.3) is 5.91 Å². The number of amides is 1. The van der Waals surface area contributed by atoms with Crippen LogP contribution in [-0.2, 0) is 4.79 Å². The number of nitrogens with one attached hydrogen (secondary N) is 1. The van der Waals surface area contributed by atoms with Crippen molar-refractivity contribution in [3.8, 4) is 0 Å². The van der Waals surface area contributed by atoms with Gasteiger partial charge in [-0.05, 0) is 18.9 Å². The van der Waals surface area contributed by atoms with Gasteiger partial charge in [-0.1, -0.05) is 24.4 Å². The van der Waals surface area contributed by atoms with Crippen molar-refractivity contribution in [1.82, 2.24) is 9.88 Å². The number of carboxylic acids is 1. The maximum absolute atomic E-state index is 12.3. The summed E-state index contributed by atoms with van der Waals surface area (Å²) in [5.41, 5.74) is 0.341. The zero-order chi connectivity index (χ0) is 13.1. The first kappa shape index (κ1) is 13.0. The number of aromatic amines is 1. The summed E-state index contributed by atoms with van der Waals surface area (Å²) in [4.78, 5) is 27.7. The first-order valence-electron chi connectivity index (χ1n) is 5.97. The number of aliphatic carboxylic acids is 1. The van der Waals surface area contributed by atoms with Gasteiger partial charge in [0.05, 0.1) is 5.02 Å². The fourth-order valence-corrected chi connectivity index (χ4v) is 2.42. The number of H-pyrrole nitrogens is 1. The van der Waals surface area contributed by atoms with Gasteiger partial charge in [0.15, 0.2) is 0 Å². The van der Waals surface area contributed by atoms with Crippen LogP contribution in [0.25, 0.3) is 0 Å². The van der Waals surface area contributed by atoms with E-state index in [0.717, 1.165) is 19.3 Å². The predicted octanol–water partition coefficient (Wildman–Crippen LogP) is 2.14. The van der Waals surface area contributed by atoms with Crippen LogP contribution in [0.3, 0.4) is 0 Å². The number of nitrogens with zero attached hydrogens (tertiary/aromatic N) is 1. The van der Waals surface area contributed by atoms with Crippen LogP contribution >= 0.6 is 11.6 Å². The number of aromatic nitrogens is 1. The molecule has 0 radical (unpaired) electrons. The lowest BCUT2D eigenvalue weighted by Crippen LogP contribution is -2.44. The van der Waals surface area contributed by atoms with Crippen LogP contribution in [0.4, 0.5) is 0 Å². The van der Waals surface area contributed by atoms with E-state index in [0.29, 0.717) is 23.7 Å². The molecule has 1 unspecified atom stereocenters. The molecule has 1 fully saturated rings. The highest BCUT2D eigenvalue weighted by Gasteiger charge is 2.31. The molecule has 0 bridgehead atoms. The van der Waals surface area contributed by atoms with Gasteiger partial charge in [-0.25, -0.2) is 4.79 Å². The molecule has 1 atom stereocenters. The first-order valence-corrected chi connectivity index (χ1v) is 6.35. The van der Waals surface area contributed by atoms with Crippen LogP contribution in [0.1, 0.15) is 36.2 Å². The molecular weight excluding hydrogens is 256 g/mol. The van der Waals surface area contributed by atoms with E-state index in [-0.39, 0.29) is 5.91 Å². The lowest BCUT2D eigenvalue weighted by atomic mass is 10.1. The molecule has 0 aromatic carbocycles. The van der Waals surface area contributed by atoms with Crippen molar-refractivity contribution in [2.75, 3.05) is 6.54 Å². The van der Waals surface area contributed by atoms with Gasteiger partial charge < -0.3 is 15.0 Å². The smallest absolute Gasteiger partial charge is 0.326 e. The maximum Gasteiger partial charge on any atom is 0.326 e. The fourth-order valence-electron chi connectivity index (χ4n) is 2.25. The van der Waals surface area contributed by atoms with Crippen LogP contribution in [0, 0.1) is 0 Å². The van der Waals surface area contributed by atoms with Crippen LogP contribution in [-0.4, -0.2) is 39.5 Å². The summed E-state index contributed by atoms with van der Waals surface area (Å²) in [6.07, 6.45) is 4.66. The van der Waals surface area contributed by atoms with E-state index >= 15 is 0 Å². The minimum Gasteiger partial charge on any atom is -0.480 e. The van der Waals surface area contributed by atoms with E-state index in [4.69, 9.17) is 11.6 Å². The number of carboxylic acid groups (broad SMARTS) is 1. The Morgan fingerprint density at radius 2 is 2.17 bits per heavy atom. The number of hydrogen-bond donors (Lipinski definition) is 2. The maximum atomic E-state index is 12.3. The zero-order valence-electron chi connectivity index (χ0n) is 9.86. The second-order valence-electron chi connectivity index (χ2n) is 4.43. The van der Waals surface area contributed by atoms with Gasteiger partial charge in [-0.15, -0.1) is 0 Å². The normalized spacial score (nSPS) is 20.5. The highest BCUT2D eigenvalue weighted by molar-refractivity contribution is 6.31. The number of hydrogen-bond acceptors (Lipinski definition) is 2. The Morgan fingerprint density at radius 3 is 2.78 bits per heavy atom. The fraction of sp³-hybridized carbons (Fsp3) is 0.500.